The van der Waals surface area contributed by atoms with Crippen LogP contribution in [-0.2, 0) is 0 Å². The van der Waals surface area contributed by atoms with E-state index in [1.54, 1.807) is 37.1 Å². The van der Waals surface area contributed by atoms with Crippen molar-refractivity contribution in [1.29, 1.82) is 15.8 Å². The van der Waals surface area contributed by atoms with E-state index in [1.807, 2.05) is 36.5 Å². The average molecular weight is 1630 g/mol. The van der Waals surface area contributed by atoms with Gasteiger partial charge in [-0.05, 0) is 287 Å². The molecule has 0 amide bonds. The maximum absolute atomic E-state index is 9.40. The third-order valence-electron chi connectivity index (χ3n) is 24.6. The molecule has 8 heteroatoms. The molecule has 0 aliphatic heterocycles. The highest BCUT2D eigenvalue weighted by Crippen LogP contribution is 2.48. The van der Waals surface area contributed by atoms with E-state index in [0.29, 0.717) is 22.5 Å². The summed E-state index contributed by atoms with van der Waals surface area (Å²) in [4.78, 5) is 21.0. The zero-order valence-corrected chi connectivity index (χ0v) is 69.1. The molecule has 0 fully saturated rings. The number of benzene rings is 20. The molecule has 0 saturated carbocycles. The molecule has 592 valence electrons. The standard InChI is InChI=1S/4C30H18N2/c1-31-30-19-32-16-15-25(30)27-18-29-22-12-6-5-11-21(22)26(20-9-3-2-4-10-20)17-28(29)24-14-8-7-13-23(24)27;31-17-20-14-22(19-32-18-20)28-16-30-25-12-6-4-10-23(25)27(21-8-2-1-3-9-21)15-29(30)26-13-7-5-11-24(26)28;31-19-22-16-21(14-15-32-22)28-18-30-25-12-6-4-10-23(25)27(20-8-2-1-3-9-20)17-29(30)26-13-7-5-11-24(26)28;31-19-20-14-15-32-30(16-20)29-18-28-23-11-5-4-10-22(23)26(21-8-2-1-3-9-21)17-27(28)24-12-6-7-13-25(24)29/h2-19H;1-16,18-19H;2*1-18H. The Balaban J connectivity index is 0.000000104. The maximum atomic E-state index is 9.40. The Morgan fingerprint density at radius 2 is 0.492 bits per heavy atom. The Bertz CT molecular complexity index is 8130. The molecule has 20 aromatic carbocycles. The fraction of sp³-hybridized carbons (Fsp3) is 0. The van der Waals surface area contributed by atoms with Gasteiger partial charge >= 0.3 is 0 Å². The van der Waals surface area contributed by atoms with Gasteiger partial charge in [0.15, 0.2) is 0 Å². The van der Waals surface area contributed by atoms with Crippen LogP contribution in [0.15, 0.2) is 438 Å². The first kappa shape index (κ1) is 77.4. The van der Waals surface area contributed by atoms with Crippen molar-refractivity contribution in [1.82, 2.24) is 19.9 Å². The molecule has 4 aromatic heterocycles. The first-order chi connectivity index (χ1) is 63.3. The molecule has 0 bridgehead atoms. The topological polar surface area (TPSA) is 127 Å². The van der Waals surface area contributed by atoms with E-state index in [0.717, 1.165) is 60.8 Å². The Labute approximate surface area is 738 Å². The molecule has 0 aliphatic rings. The predicted octanol–water partition coefficient (Wildman–Crippen LogP) is 31.7. The molecule has 0 aliphatic carbocycles. The van der Waals surface area contributed by atoms with E-state index in [9.17, 15) is 15.8 Å². The lowest BCUT2D eigenvalue weighted by Crippen LogP contribution is -1.91. The molecule has 4 heterocycles. The highest BCUT2D eigenvalue weighted by Gasteiger charge is 2.22. The lowest BCUT2D eigenvalue weighted by molar-refractivity contribution is 1.27. The second-order valence-corrected chi connectivity index (χ2v) is 31.8. The quantitative estimate of drug-likeness (QED) is 0.109. The Hall–Kier alpha value is -17.9. The van der Waals surface area contributed by atoms with Gasteiger partial charge in [0, 0.05) is 48.3 Å². The number of nitriles is 3. The highest BCUT2D eigenvalue weighted by molar-refractivity contribution is 6.28. The Morgan fingerprint density at radius 1 is 0.195 bits per heavy atom. The molecule has 0 spiro atoms. The van der Waals surface area contributed by atoms with Gasteiger partial charge in [0.25, 0.3) is 0 Å². The predicted molar refractivity (Wildman–Crippen MR) is 531 cm³/mol. The molecule has 0 radical (unpaired) electrons. The van der Waals surface area contributed by atoms with E-state index in [1.165, 1.54) is 158 Å². The third kappa shape index (κ3) is 14.2. The summed E-state index contributed by atoms with van der Waals surface area (Å²) in [6.07, 6.45) is 10.3. The lowest BCUT2D eigenvalue weighted by Gasteiger charge is -2.16. The van der Waals surface area contributed by atoms with Crippen LogP contribution in [0.4, 0.5) is 5.69 Å². The minimum atomic E-state index is 0.427. The maximum Gasteiger partial charge on any atom is 0.212 e. The molecule has 24 aromatic rings. The fourth-order valence-electron chi connectivity index (χ4n) is 18.8. The second-order valence-electron chi connectivity index (χ2n) is 31.8. The van der Waals surface area contributed by atoms with Crippen LogP contribution < -0.4 is 0 Å². The normalized spacial score (nSPS) is 11.1. The minimum Gasteiger partial charge on any atom is -0.276 e. The Morgan fingerprint density at radius 3 is 0.836 bits per heavy atom. The molecule has 0 unspecified atom stereocenters. The first-order valence-corrected chi connectivity index (χ1v) is 42.5. The average Bonchev–Trinajstić information content (AvgIpc) is 0.749. The molecule has 0 N–H and O–H groups in total. The monoisotopic (exact) mass is 1620 g/mol. The third-order valence-corrected chi connectivity index (χ3v) is 24.6. The molecule has 0 atom stereocenters. The van der Waals surface area contributed by atoms with Crippen LogP contribution in [0.25, 0.3) is 223 Å². The molecule has 0 saturated heterocycles. The molecule has 24 rings (SSSR count). The largest absolute Gasteiger partial charge is 0.276 e. The summed E-state index contributed by atoms with van der Waals surface area (Å²) in [6.45, 7) is 7.64. The summed E-state index contributed by atoms with van der Waals surface area (Å²) < 4.78 is 0. The number of rotatable bonds is 8. The van der Waals surface area contributed by atoms with Gasteiger partial charge in [0.2, 0.25) is 5.69 Å². The number of nitrogens with zero attached hydrogens (tertiary/aromatic N) is 8. The van der Waals surface area contributed by atoms with Crippen LogP contribution in [0.5, 0.6) is 0 Å². The van der Waals surface area contributed by atoms with Crippen molar-refractivity contribution >= 4 is 135 Å². The van der Waals surface area contributed by atoms with Crippen LogP contribution >= 0.6 is 0 Å². The van der Waals surface area contributed by atoms with Crippen LogP contribution in [0.2, 0.25) is 0 Å². The zero-order chi connectivity index (χ0) is 86.0. The van der Waals surface area contributed by atoms with Gasteiger partial charge < -0.3 is 0 Å². The van der Waals surface area contributed by atoms with Gasteiger partial charge in [-0.25, -0.2) is 9.83 Å². The van der Waals surface area contributed by atoms with Gasteiger partial charge in [-0.2, -0.15) is 15.8 Å². The van der Waals surface area contributed by atoms with E-state index < -0.39 is 0 Å². The summed E-state index contributed by atoms with van der Waals surface area (Å²) in [6, 6.07) is 147. The van der Waals surface area contributed by atoms with Gasteiger partial charge in [-0.3, -0.25) is 15.0 Å². The van der Waals surface area contributed by atoms with Crippen molar-refractivity contribution < 1.29 is 0 Å². The van der Waals surface area contributed by atoms with Crippen LogP contribution in [0, 0.1) is 40.6 Å². The van der Waals surface area contributed by atoms with Crippen LogP contribution in [-0.4, -0.2) is 19.9 Å². The number of fused-ring (bicyclic) bond motifs is 20. The van der Waals surface area contributed by atoms with Gasteiger partial charge in [-0.1, -0.05) is 315 Å². The number of hydrogen-bond donors (Lipinski definition) is 0. The number of pyridine rings is 4. The second kappa shape index (κ2) is 33.8. The minimum absolute atomic E-state index is 0.427. The summed E-state index contributed by atoms with van der Waals surface area (Å²) in [7, 11) is 0. The SMILES string of the molecule is N#Cc1cc(-c2cc3c4ccccc4c(-c4ccccc4)cc3c3ccccc23)ccn1.N#Cc1ccnc(-c2cc3c4ccccc4c(-c4ccccc4)cc3c3ccccc23)c1.N#Cc1cncc(-c2cc3c4ccccc4c(-c4ccccc4)cc3c3ccccc23)c1.[C-]#[N+]c1cnccc1-c1cc2c3ccccc3c(-c3ccccc3)cc2c2ccccc12. The van der Waals surface area contributed by atoms with E-state index in [-0.39, 0.29) is 0 Å². The van der Waals surface area contributed by atoms with Crippen LogP contribution in [0.3, 0.4) is 0 Å². The van der Waals surface area contributed by atoms with Crippen molar-refractivity contribution in [2.45, 2.75) is 0 Å². The summed E-state index contributed by atoms with van der Waals surface area (Å²) >= 11 is 0. The van der Waals surface area contributed by atoms with Crippen molar-refractivity contribution in [2.24, 2.45) is 0 Å². The summed E-state index contributed by atoms with van der Waals surface area (Å²) in [5.41, 5.74) is 20.0. The van der Waals surface area contributed by atoms with Crippen molar-refractivity contribution in [3.8, 4) is 107 Å². The number of hydrogen-bond acceptors (Lipinski definition) is 7. The highest BCUT2D eigenvalue weighted by atomic mass is 14.7. The van der Waals surface area contributed by atoms with E-state index >= 15 is 0 Å². The van der Waals surface area contributed by atoms with Gasteiger partial charge in [0.05, 0.1) is 29.5 Å². The smallest absolute Gasteiger partial charge is 0.212 e. The van der Waals surface area contributed by atoms with Gasteiger partial charge in [-0.15, -0.1) is 0 Å². The zero-order valence-electron chi connectivity index (χ0n) is 69.1. The molecule has 8 nitrogen and oxygen atoms in total. The van der Waals surface area contributed by atoms with Gasteiger partial charge in [0.1, 0.15) is 17.8 Å². The molecular formula is C120H72N8. The Kier molecular flexibility index (Phi) is 20.5. The summed E-state index contributed by atoms with van der Waals surface area (Å²) in [5, 5.41) is 57.1. The first-order valence-electron chi connectivity index (χ1n) is 42.5. The lowest BCUT2D eigenvalue weighted by atomic mass is 9.88. The molecule has 128 heavy (non-hydrogen) atoms. The van der Waals surface area contributed by atoms with Crippen molar-refractivity contribution in [3.05, 3.63) is 466 Å². The molecular weight excluding hydrogens is 1550 g/mol. The fourth-order valence-corrected chi connectivity index (χ4v) is 18.8. The van der Waals surface area contributed by atoms with Crippen LogP contribution in [0.1, 0.15) is 16.8 Å². The van der Waals surface area contributed by atoms with Crippen molar-refractivity contribution in [3.63, 3.8) is 0 Å². The van der Waals surface area contributed by atoms with E-state index in [4.69, 9.17) is 6.57 Å². The van der Waals surface area contributed by atoms with E-state index in [2.05, 4.69) is 407 Å². The summed E-state index contributed by atoms with van der Waals surface area (Å²) in [5.74, 6) is 0. The van der Waals surface area contributed by atoms with Crippen molar-refractivity contribution in [2.75, 3.05) is 0 Å². The number of aromatic nitrogens is 4.